The Bertz CT molecular complexity index is 650. The fourth-order valence-electron chi connectivity index (χ4n) is 4.13. The Morgan fingerprint density at radius 3 is 2.64 bits per heavy atom. The molecule has 25 heavy (non-hydrogen) atoms. The zero-order chi connectivity index (χ0) is 18.2. The first-order valence-corrected chi connectivity index (χ1v) is 9.43. The number of piperidine rings is 1. The van der Waals surface area contributed by atoms with E-state index >= 15 is 0 Å². The summed E-state index contributed by atoms with van der Waals surface area (Å²) in [4.78, 5) is 31.4. The molecular formula is C19H30N4O2. The fourth-order valence-corrected chi connectivity index (χ4v) is 4.13. The van der Waals surface area contributed by atoms with Crippen molar-refractivity contribution in [2.75, 3.05) is 13.1 Å². The molecular weight excluding hydrogens is 316 g/mol. The molecule has 1 aromatic heterocycles. The zero-order valence-electron chi connectivity index (χ0n) is 15.8. The smallest absolute Gasteiger partial charge is 0.248 e. The van der Waals surface area contributed by atoms with Crippen LogP contribution >= 0.6 is 0 Å². The Morgan fingerprint density at radius 1 is 1.32 bits per heavy atom. The lowest BCUT2D eigenvalue weighted by Gasteiger charge is -2.40. The molecule has 0 spiro atoms. The number of amides is 2. The molecule has 2 atom stereocenters. The Hall–Kier alpha value is -1.85. The highest BCUT2D eigenvalue weighted by molar-refractivity contribution is 5.91. The third-order valence-electron chi connectivity index (χ3n) is 5.57. The van der Waals surface area contributed by atoms with Crippen molar-refractivity contribution in [3.63, 3.8) is 0 Å². The van der Waals surface area contributed by atoms with Gasteiger partial charge in [0.05, 0.1) is 6.04 Å². The van der Waals surface area contributed by atoms with Crippen LogP contribution in [-0.4, -0.2) is 44.9 Å². The van der Waals surface area contributed by atoms with Crippen molar-refractivity contribution in [3.05, 3.63) is 18.2 Å². The number of likely N-dealkylation sites (tertiary alicyclic amines) is 1. The number of hydrogen-bond acceptors (Lipinski definition) is 3. The molecule has 1 saturated heterocycles. The molecule has 0 unspecified atom stereocenters. The fraction of sp³-hybridized carbons (Fsp3) is 0.737. The third-order valence-corrected chi connectivity index (χ3v) is 5.57. The molecule has 1 N–H and O–H groups in total. The number of carbonyl (C=O) groups excluding carboxylic acids is 2. The second-order valence-electron chi connectivity index (χ2n) is 8.05. The van der Waals surface area contributed by atoms with Crippen LogP contribution in [0, 0.1) is 5.92 Å². The number of aromatic nitrogens is 2. The second-order valence-corrected chi connectivity index (χ2v) is 8.05. The van der Waals surface area contributed by atoms with Crippen LogP contribution in [0.15, 0.2) is 12.4 Å². The molecule has 1 saturated carbocycles. The molecule has 0 radical (unpaired) electrons. The van der Waals surface area contributed by atoms with Gasteiger partial charge in [-0.1, -0.05) is 13.8 Å². The lowest BCUT2D eigenvalue weighted by Crippen LogP contribution is -2.60. The summed E-state index contributed by atoms with van der Waals surface area (Å²) < 4.78 is 2.23. The summed E-state index contributed by atoms with van der Waals surface area (Å²) in [6.07, 6.45) is 7.94. The van der Waals surface area contributed by atoms with Crippen molar-refractivity contribution in [1.82, 2.24) is 19.8 Å². The summed E-state index contributed by atoms with van der Waals surface area (Å²) >= 11 is 0. The van der Waals surface area contributed by atoms with Crippen LogP contribution < -0.4 is 5.32 Å². The first-order valence-electron chi connectivity index (χ1n) is 9.43. The van der Waals surface area contributed by atoms with Crippen molar-refractivity contribution in [1.29, 1.82) is 0 Å². The molecule has 0 aromatic carbocycles. The molecule has 0 bridgehead atoms. The highest BCUT2D eigenvalue weighted by atomic mass is 16.2. The zero-order valence-corrected chi connectivity index (χ0v) is 15.8. The average Bonchev–Trinajstić information content (AvgIpc) is 3.30. The predicted molar refractivity (Wildman–Crippen MR) is 96.1 cm³/mol. The first kappa shape index (κ1) is 18.0. The van der Waals surface area contributed by atoms with Crippen molar-refractivity contribution in [2.45, 2.75) is 70.9 Å². The Balaban J connectivity index is 1.77. The van der Waals surface area contributed by atoms with Gasteiger partial charge in [0.25, 0.3) is 0 Å². The Labute approximate surface area is 150 Å². The van der Waals surface area contributed by atoms with E-state index in [-0.39, 0.29) is 23.8 Å². The molecule has 2 heterocycles. The quantitative estimate of drug-likeness (QED) is 0.890. The minimum absolute atomic E-state index is 0.0705. The minimum atomic E-state index is -0.760. The molecule has 2 aliphatic rings. The minimum Gasteiger partial charge on any atom is -0.342 e. The number of carbonyl (C=O) groups is 2. The van der Waals surface area contributed by atoms with Crippen molar-refractivity contribution < 1.29 is 9.59 Å². The van der Waals surface area contributed by atoms with Gasteiger partial charge >= 0.3 is 0 Å². The van der Waals surface area contributed by atoms with Gasteiger partial charge in [-0.05, 0) is 38.5 Å². The van der Waals surface area contributed by atoms with Crippen LogP contribution in [0.4, 0.5) is 0 Å². The van der Waals surface area contributed by atoms with Gasteiger partial charge in [-0.15, -0.1) is 0 Å². The van der Waals surface area contributed by atoms with Gasteiger partial charge in [0, 0.05) is 38.3 Å². The summed E-state index contributed by atoms with van der Waals surface area (Å²) in [5.74, 6) is 1.64. The number of nitrogens with zero attached hydrogens (tertiary/aromatic N) is 3. The summed E-state index contributed by atoms with van der Waals surface area (Å²) in [5.41, 5.74) is -0.760. The molecule has 2 fully saturated rings. The van der Waals surface area contributed by atoms with Gasteiger partial charge in [-0.3, -0.25) is 9.59 Å². The monoisotopic (exact) mass is 346 g/mol. The van der Waals surface area contributed by atoms with E-state index in [4.69, 9.17) is 0 Å². The van der Waals surface area contributed by atoms with E-state index in [0.717, 1.165) is 38.1 Å². The Morgan fingerprint density at radius 2 is 2.04 bits per heavy atom. The van der Waals surface area contributed by atoms with Crippen LogP contribution in [0.5, 0.6) is 0 Å². The molecule has 3 rings (SSSR count). The topological polar surface area (TPSA) is 67.2 Å². The van der Waals surface area contributed by atoms with Crippen LogP contribution in [-0.2, 0) is 9.59 Å². The number of rotatable bonds is 5. The average molecular weight is 346 g/mol. The molecule has 2 amide bonds. The van der Waals surface area contributed by atoms with Gasteiger partial charge < -0.3 is 14.8 Å². The van der Waals surface area contributed by atoms with Crippen LogP contribution in [0.3, 0.4) is 0 Å². The van der Waals surface area contributed by atoms with Crippen LogP contribution in [0.1, 0.15) is 71.2 Å². The Kier molecular flexibility index (Phi) is 4.89. The van der Waals surface area contributed by atoms with Crippen LogP contribution in [0.2, 0.25) is 0 Å². The standard InChI is InChI=1S/C19H30N4O2/c1-13(2)17-20-9-11-23(17)16-6-5-10-22(12-16)18(25)19(4,15-7-8-15)21-14(3)24/h9,11,13,15-16H,5-8,10,12H2,1-4H3,(H,21,24)/t16-,19-/m1/s1. The largest absolute Gasteiger partial charge is 0.342 e. The predicted octanol–water partition coefficient (Wildman–Crippen LogP) is 2.47. The number of nitrogens with one attached hydrogen (secondary N) is 1. The van der Waals surface area contributed by atoms with E-state index in [1.165, 1.54) is 6.92 Å². The van der Waals surface area contributed by atoms with Gasteiger partial charge in [0.15, 0.2) is 0 Å². The van der Waals surface area contributed by atoms with Gasteiger partial charge in [-0.25, -0.2) is 4.98 Å². The summed E-state index contributed by atoms with van der Waals surface area (Å²) in [7, 11) is 0. The molecule has 138 valence electrons. The van der Waals surface area contributed by atoms with Crippen molar-refractivity contribution in [2.24, 2.45) is 5.92 Å². The summed E-state index contributed by atoms with van der Waals surface area (Å²) in [5, 5.41) is 2.95. The van der Waals surface area contributed by atoms with E-state index in [1.807, 2.05) is 24.2 Å². The highest BCUT2D eigenvalue weighted by Gasteiger charge is 2.50. The van der Waals surface area contributed by atoms with E-state index in [0.29, 0.717) is 12.5 Å². The normalized spacial score (nSPS) is 23.4. The summed E-state index contributed by atoms with van der Waals surface area (Å²) in [6.45, 7) is 9.14. The summed E-state index contributed by atoms with van der Waals surface area (Å²) in [6, 6.07) is 0.262. The lowest BCUT2D eigenvalue weighted by molar-refractivity contribution is -0.143. The maximum absolute atomic E-state index is 13.3. The van der Waals surface area contributed by atoms with Gasteiger partial charge in [-0.2, -0.15) is 0 Å². The number of imidazole rings is 1. The van der Waals surface area contributed by atoms with Gasteiger partial charge in [0.1, 0.15) is 11.4 Å². The maximum atomic E-state index is 13.3. The maximum Gasteiger partial charge on any atom is 0.248 e. The van der Waals surface area contributed by atoms with E-state index in [1.54, 1.807) is 0 Å². The lowest BCUT2D eigenvalue weighted by atomic mass is 9.92. The van der Waals surface area contributed by atoms with E-state index in [2.05, 4.69) is 28.7 Å². The molecule has 1 aliphatic carbocycles. The van der Waals surface area contributed by atoms with Gasteiger partial charge in [0.2, 0.25) is 11.8 Å². The number of hydrogen-bond donors (Lipinski definition) is 1. The second kappa shape index (κ2) is 6.81. The SMILES string of the molecule is CC(=O)N[C@@](C)(C(=O)N1CCC[C@@H](n2ccnc2C(C)C)C1)C1CC1. The molecule has 1 aromatic rings. The van der Waals surface area contributed by atoms with E-state index in [9.17, 15) is 9.59 Å². The highest BCUT2D eigenvalue weighted by Crippen LogP contribution is 2.41. The molecule has 1 aliphatic heterocycles. The first-order chi connectivity index (χ1) is 11.8. The molecule has 6 nitrogen and oxygen atoms in total. The van der Waals surface area contributed by atoms with Crippen LogP contribution in [0.25, 0.3) is 0 Å². The molecule has 6 heteroatoms. The van der Waals surface area contributed by atoms with Crippen molar-refractivity contribution >= 4 is 11.8 Å². The van der Waals surface area contributed by atoms with E-state index < -0.39 is 5.54 Å². The van der Waals surface area contributed by atoms with Crippen molar-refractivity contribution in [3.8, 4) is 0 Å². The third kappa shape index (κ3) is 3.58.